The fraction of sp³-hybridized carbons (Fsp3) is 0.375. The highest BCUT2D eigenvalue weighted by Crippen LogP contribution is 2.49. The van der Waals surface area contributed by atoms with Gasteiger partial charge in [-0.15, -0.1) is 11.3 Å². The summed E-state index contributed by atoms with van der Waals surface area (Å²) in [5.74, 6) is -0.565. The van der Waals surface area contributed by atoms with Crippen LogP contribution in [0.15, 0.2) is 30.9 Å². The van der Waals surface area contributed by atoms with Crippen LogP contribution in [0.25, 0.3) is 26.5 Å². The molecule has 0 unspecified atom stereocenters. The minimum Gasteiger partial charge on any atom is -0.365 e. The van der Waals surface area contributed by atoms with Crippen molar-refractivity contribution in [2.75, 3.05) is 18.4 Å². The highest BCUT2D eigenvalue weighted by Gasteiger charge is 2.50. The Balaban J connectivity index is 1.38. The second kappa shape index (κ2) is 7.99. The number of aryl methyl sites for hydroxylation is 2. The van der Waals surface area contributed by atoms with Gasteiger partial charge in [-0.3, -0.25) is 24.2 Å². The number of hydrogen-bond donors (Lipinski definition) is 2. The molecule has 1 saturated carbocycles. The maximum atomic E-state index is 12.9. The van der Waals surface area contributed by atoms with Crippen LogP contribution in [0.4, 0.5) is 5.69 Å². The Hall–Kier alpha value is -3.57. The maximum absolute atomic E-state index is 12.9. The van der Waals surface area contributed by atoms with E-state index in [9.17, 15) is 9.59 Å². The summed E-state index contributed by atoms with van der Waals surface area (Å²) < 4.78 is 3.45. The molecule has 180 valence electrons. The van der Waals surface area contributed by atoms with Crippen LogP contribution in [-0.4, -0.2) is 59.7 Å². The van der Waals surface area contributed by atoms with Crippen molar-refractivity contribution in [2.24, 2.45) is 12.8 Å². The Morgan fingerprint density at radius 2 is 2.03 bits per heavy atom. The van der Waals surface area contributed by atoms with E-state index in [1.165, 1.54) is 36.8 Å². The molecule has 10 nitrogen and oxygen atoms in total. The molecule has 4 aromatic rings. The Morgan fingerprint density at radius 3 is 2.74 bits per heavy atom. The lowest BCUT2D eigenvalue weighted by molar-refractivity contribution is -0.117. The summed E-state index contributed by atoms with van der Waals surface area (Å²) in [5.41, 5.74) is 10.1. The van der Waals surface area contributed by atoms with Gasteiger partial charge in [-0.25, -0.2) is 4.52 Å². The number of hydrogen-bond acceptors (Lipinski definition) is 7. The van der Waals surface area contributed by atoms with Crippen LogP contribution in [0.1, 0.15) is 41.7 Å². The Bertz CT molecular complexity index is 1480. The van der Waals surface area contributed by atoms with Crippen molar-refractivity contribution in [3.05, 3.63) is 42.1 Å². The van der Waals surface area contributed by atoms with Crippen LogP contribution in [-0.2, 0) is 11.8 Å². The first-order valence-corrected chi connectivity index (χ1v) is 12.5. The third-order valence-corrected chi connectivity index (χ3v) is 8.33. The lowest BCUT2D eigenvalue weighted by atomic mass is 10.1. The molecule has 1 aliphatic carbocycles. The zero-order chi connectivity index (χ0) is 24.3. The van der Waals surface area contributed by atoms with Crippen molar-refractivity contribution in [1.82, 2.24) is 29.3 Å². The van der Waals surface area contributed by atoms with Gasteiger partial charge in [0.1, 0.15) is 4.83 Å². The van der Waals surface area contributed by atoms with Gasteiger partial charge in [-0.2, -0.15) is 10.2 Å². The number of nitrogens with zero attached hydrogens (tertiary/aromatic N) is 6. The van der Waals surface area contributed by atoms with Gasteiger partial charge < -0.3 is 11.1 Å². The minimum atomic E-state index is -0.531. The fourth-order valence-corrected chi connectivity index (χ4v) is 6.34. The molecule has 2 aliphatic rings. The van der Waals surface area contributed by atoms with Crippen molar-refractivity contribution in [3.8, 4) is 21.7 Å². The van der Waals surface area contributed by atoms with Gasteiger partial charge in [0.15, 0.2) is 0 Å². The molecule has 0 atom stereocenters. The molecular weight excluding hydrogens is 464 g/mol. The van der Waals surface area contributed by atoms with E-state index < -0.39 is 5.91 Å². The average Bonchev–Trinajstić information content (AvgIpc) is 3.14. The van der Waals surface area contributed by atoms with Gasteiger partial charge in [-0.05, 0) is 45.2 Å². The van der Waals surface area contributed by atoms with E-state index in [4.69, 9.17) is 5.73 Å². The van der Waals surface area contributed by atoms with Gasteiger partial charge >= 0.3 is 0 Å². The molecule has 1 aliphatic heterocycles. The molecule has 0 radical (unpaired) electrons. The topological polar surface area (TPSA) is 123 Å². The Labute approximate surface area is 205 Å². The first-order valence-electron chi connectivity index (χ1n) is 11.7. The van der Waals surface area contributed by atoms with Crippen LogP contribution < -0.4 is 11.1 Å². The van der Waals surface area contributed by atoms with Gasteiger partial charge in [0.05, 0.1) is 47.0 Å². The van der Waals surface area contributed by atoms with Gasteiger partial charge in [0, 0.05) is 35.6 Å². The predicted octanol–water partition coefficient (Wildman–Crippen LogP) is 2.83. The molecule has 6 rings (SSSR count). The van der Waals surface area contributed by atoms with Crippen LogP contribution in [0.3, 0.4) is 0 Å². The summed E-state index contributed by atoms with van der Waals surface area (Å²) in [4.78, 5) is 33.3. The highest BCUT2D eigenvalue weighted by molar-refractivity contribution is 7.21. The molecule has 5 heterocycles. The molecule has 1 spiro atoms. The predicted molar refractivity (Wildman–Crippen MR) is 133 cm³/mol. The van der Waals surface area contributed by atoms with Crippen LogP contribution in [0.5, 0.6) is 0 Å². The number of amides is 2. The number of likely N-dealkylation sites (tertiary alicyclic amines) is 1. The van der Waals surface area contributed by atoms with E-state index in [1.54, 1.807) is 21.6 Å². The Morgan fingerprint density at radius 1 is 1.20 bits per heavy atom. The summed E-state index contributed by atoms with van der Waals surface area (Å²) in [6.07, 6.45) is 11.6. The number of fused-ring (bicyclic) bond motifs is 1. The normalized spacial score (nSPS) is 16.9. The summed E-state index contributed by atoms with van der Waals surface area (Å²) in [6, 6.07) is 1.92. The molecule has 0 aromatic carbocycles. The maximum Gasteiger partial charge on any atom is 0.253 e. The number of rotatable bonds is 6. The number of primary amides is 1. The van der Waals surface area contributed by atoms with E-state index >= 15 is 0 Å². The molecular formula is C24H26N8O2S. The second-order valence-corrected chi connectivity index (χ2v) is 10.5. The van der Waals surface area contributed by atoms with Crippen LogP contribution >= 0.6 is 11.3 Å². The monoisotopic (exact) mass is 490 g/mol. The van der Waals surface area contributed by atoms with Crippen molar-refractivity contribution < 1.29 is 9.59 Å². The smallest absolute Gasteiger partial charge is 0.253 e. The summed E-state index contributed by atoms with van der Waals surface area (Å²) >= 11 is 1.43. The number of carbonyl (C=O) groups excluding carboxylic acids is 2. The molecule has 4 aromatic heterocycles. The number of pyridine rings is 1. The van der Waals surface area contributed by atoms with Gasteiger partial charge in [0.2, 0.25) is 5.91 Å². The highest BCUT2D eigenvalue weighted by atomic mass is 32.1. The van der Waals surface area contributed by atoms with Crippen LogP contribution in [0, 0.1) is 6.92 Å². The second-order valence-electron chi connectivity index (χ2n) is 9.48. The summed E-state index contributed by atoms with van der Waals surface area (Å²) in [5, 5.41) is 11.8. The fourth-order valence-electron chi connectivity index (χ4n) is 5.14. The third kappa shape index (κ3) is 3.71. The zero-order valence-corrected chi connectivity index (χ0v) is 20.4. The van der Waals surface area contributed by atoms with Gasteiger partial charge in [0.25, 0.3) is 5.91 Å². The zero-order valence-electron chi connectivity index (χ0n) is 19.6. The molecule has 2 fully saturated rings. The number of nitrogens with one attached hydrogen (secondary N) is 1. The lowest BCUT2D eigenvalue weighted by Gasteiger charge is -2.23. The van der Waals surface area contributed by atoms with Crippen molar-refractivity contribution in [2.45, 2.75) is 38.1 Å². The van der Waals surface area contributed by atoms with E-state index in [0.717, 1.165) is 40.4 Å². The molecule has 1 saturated heterocycles. The van der Waals surface area contributed by atoms with Crippen molar-refractivity contribution >= 4 is 33.7 Å². The average molecular weight is 491 g/mol. The van der Waals surface area contributed by atoms with Crippen molar-refractivity contribution in [1.29, 1.82) is 0 Å². The number of carbonyl (C=O) groups is 2. The van der Waals surface area contributed by atoms with Crippen molar-refractivity contribution in [3.63, 3.8) is 0 Å². The summed E-state index contributed by atoms with van der Waals surface area (Å²) in [6.45, 7) is 3.29. The van der Waals surface area contributed by atoms with E-state index in [1.807, 2.05) is 26.2 Å². The number of aromatic nitrogens is 5. The summed E-state index contributed by atoms with van der Waals surface area (Å²) in [7, 11) is 1.85. The van der Waals surface area contributed by atoms with Crippen LogP contribution in [0.2, 0.25) is 0 Å². The first kappa shape index (κ1) is 21.9. The number of nitrogens with two attached hydrogens (primary N) is 1. The molecule has 35 heavy (non-hydrogen) atoms. The molecule has 3 N–H and O–H groups in total. The molecule has 0 bridgehead atoms. The van der Waals surface area contributed by atoms with E-state index in [0.29, 0.717) is 22.6 Å². The lowest BCUT2D eigenvalue weighted by Crippen LogP contribution is -2.38. The van der Waals surface area contributed by atoms with Gasteiger partial charge in [-0.1, -0.05) is 0 Å². The first-order chi connectivity index (χ1) is 16.8. The molecule has 2 amide bonds. The number of thiazole rings is 1. The molecule has 11 heteroatoms. The number of anilines is 1. The van der Waals surface area contributed by atoms with E-state index in [2.05, 4.69) is 25.4 Å². The minimum absolute atomic E-state index is 0.0344. The SMILES string of the molecule is Cc1ncc(NC(=O)CN2CCCC23CC3)cc1-c1c(-c2cnn(C)c2)sc2c(C(N)=O)cnn12. The standard InChI is InChI=1S/C24H26N8O2S/c1-14-17(8-16(10-26-14)29-19(33)13-31-7-3-4-24(31)5-6-24)20-21(15-9-27-30(2)12-15)35-23-18(22(25)34)11-28-32(20)23/h8-12H,3-7,13H2,1-2H3,(H2,25,34)(H,29,33). The Kier molecular flexibility index (Phi) is 5.01. The largest absolute Gasteiger partial charge is 0.365 e. The third-order valence-electron chi connectivity index (χ3n) is 7.11. The quantitative estimate of drug-likeness (QED) is 0.428. The van der Waals surface area contributed by atoms with E-state index in [-0.39, 0.29) is 11.4 Å².